The van der Waals surface area contributed by atoms with E-state index >= 15 is 0 Å². The Labute approximate surface area is 176 Å². The first-order chi connectivity index (χ1) is 13.5. The fourth-order valence-corrected chi connectivity index (χ4v) is 4.04. The number of aromatic nitrogens is 2. The molecule has 2 aromatic carbocycles. The van der Waals surface area contributed by atoms with Crippen molar-refractivity contribution in [2.45, 2.75) is 38.6 Å². The smallest absolute Gasteiger partial charge is 0.360 e. The molecule has 0 saturated carbocycles. The molecule has 0 aliphatic rings. The van der Waals surface area contributed by atoms with Crippen molar-refractivity contribution in [1.82, 2.24) is 9.36 Å². The lowest BCUT2D eigenvalue weighted by Gasteiger charge is -2.17. The molecule has 9 heteroatoms. The van der Waals surface area contributed by atoms with E-state index in [-0.39, 0.29) is 12.3 Å². The van der Waals surface area contributed by atoms with Crippen LogP contribution in [-0.4, -0.2) is 24.0 Å². The van der Waals surface area contributed by atoms with Gasteiger partial charge in [-0.3, -0.25) is 9.48 Å². The van der Waals surface area contributed by atoms with Crippen LogP contribution in [0.15, 0.2) is 51.7 Å². The standard InChI is InChI=1S/C20H22BrF3N2O2Si/c1-29(2,3)11-10-28-13-25-18-12-15(21)6-9-17(18)19(27)26(25)16-7-4-14(5-8-16)20(22,23)24/h4-9,12H,10-11,13H2,1-3H3. The topological polar surface area (TPSA) is 36.2 Å². The molecule has 0 aliphatic heterocycles. The molecule has 4 nitrogen and oxygen atoms in total. The lowest BCUT2D eigenvalue weighted by molar-refractivity contribution is -0.137. The highest BCUT2D eigenvalue weighted by atomic mass is 79.9. The van der Waals surface area contributed by atoms with Gasteiger partial charge in [0.25, 0.3) is 5.56 Å². The van der Waals surface area contributed by atoms with E-state index in [1.165, 1.54) is 16.8 Å². The molecule has 0 amide bonds. The van der Waals surface area contributed by atoms with Gasteiger partial charge in [0, 0.05) is 19.2 Å². The molecule has 3 rings (SSSR count). The van der Waals surface area contributed by atoms with Crippen LogP contribution in [0.25, 0.3) is 16.6 Å². The van der Waals surface area contributed by atoms with Crippen LogP contribution in [0.3, 0.4) is 0 Å². The number of alkyl halides is 3. The van der Waals surface area contributed by atoms with Crippen molar-refractivity contribution in [2.75, 3.05) is 6.61 Å². The Kier molecular flexibility index (Phi) is 6.12. The van der Waals surface area contributed by atoms with Crippen LogP contribution in [0.4, 0.5) is 13.2 Å². The summed E-state index contributed by atoms with van der Waals surface area (Å²) in [5.41, 5.74) is -0.0615. The maximum Gasteiger partial charge on any atom is 0.416 e. The van der Waals surface area contributed by atoms with Crippen molar-refractivity contribution in [3.8, 4) is 5.69 Å². The molecule has 0 spiro atoms. The summed E-state index contributed by atoms with van der Waals surface area (Å²) < 4.78 is 48.4. The Morgan fingerprint density at radius 1 is 1.07 bits per heavy atom. The van der Waals surface area contributed by atoms with Crippen molar-refractivity contribution < 1.29 is 17.9 Å². The molecular weight excluding hydrogens is 465 g/mol. The second-order valence-corrected chi connectivity index (χ2v) is 14.6. The van der Waals surface area contributed by atoms with Crippen molar-refractivity contribution >= 4 is 34.9 Å². The molecule has 3 aromatic rings. The van der Waals surface area contributed by atoms with Gasteiger partial charge in [-0.2, -0.15) is 13.2 Å². The minimum Gasteiger partial charge on any atom is -0.360 e. The summed E-state index contributed by atoms with van der Waals surface area (Å²) in [5, 5.41) is 0.474. The van der Waals surface area contributed by atoms with Crippen molar-refractivity contribution in [3.63, 3.8) is 0 Å². The minimum atomic E-state index is -4.43. The summed E-state index contributed by atoms with van der Waals surface area (Å²) in [6.45, 7) is 7.43. The van der Waals surface area contributed by atoms with Crippen molar-refractivity contribution in [3.05, 3.63) is 62.9 Å². The summed E-state index contributed by atoms with van der Waals surface area (Å²) in [7, 11) is -1.27. The Bertz CT molecular complexity index is 1070. The van der Waals surface area contributed by atoms with E-state index in [2.05, 4.69) is 35.6 Å². The van der Waals surface area contributed by atoms with Gasteiger partial charge in [-0.1, -0.05) is 35.6 Å². The molecule has 0 fully saturated rings. The predicted octanol–water partition coefficient (Wildman–Crippen LogP) is 5.89. The van der Waals surface area contributed by atoms with Crippen LogP contribution in [0.2, 0.25) is 25.7 Å². The molecule has 29 heavy (non-hydrogen) atoms. The third-order valence-corrected chi connectivity index (χ3v) is 6.75. The predicted molar refractivity (Wildman–Crippen MR) is 114 cm³/mol. The monoisotopic (exact) mass is 486 g/mol. The second-order valence-electron chi connectivity index (χ2n) is 8.07. The molecule has 0 atom stereocenters. The molecule has 1 heterocycles. The normalized spacial score (nSPS) is 12.7. The number of benzene rings is 2. The molecule has 0 saturated heterocycles. The maximum atomic E-state index is 13.0. The largest absolute Gasteiger partial charge is 0.416 e. The Hall–Kier alpha value is -1.84. The summed E-state index contributed by atoms with van der Waals surface area (Å²) in [6.07, 6.45) is -4.43. The third-order valence-electron chi connectivity index (χ3n) is 4.55. The van der Waals surface area contributed by atoms with E-state index in [1.54, 1.807) is 22.9 Å². The summed E-state index contributed by atoms with van der Waals surface area (Å²) in [6, 6.07) is 10.8. The first kappa shape index (κ1) is 21.9. The molecule has 0 bridgehead atoms. The van der Waals surface area contributed by atoms with E-state index in [0.29, 0.717) is 23.2 Å². The average molecular weight is 487 g/mol. The van der Waals surface area contributed by atoms with Crippen molar-refractivity contribution in [2.24, 2.45) is 0 Å². The van der Waals surface area contributed by atoms with Crippen LogP contribution in [0.1, 0.15) is 5.56 Å². The van der Waals surface area contributed by atoms with E-state index in [4.69, 9.17) is 4.74 Å². The Morgan fingerprint density at radius 3 is 2.31 bits per heavy atom. The number of halogens is 4. The second kappa shape index (κ2) is 8.12. The molecule has 156 valence electrons. The van der Waals surface area contributed by atoms with Gasteiger partial charge in [-0.25, -0.2) is 4.68 Å². The summed E-state index contributed by atoms with van der Waals surface area (Å²) >= 11 is 3.41. The zero-order chi connectivity index (χ0) is 21.4. The Balaban J connectivity index is 2.03. The van der Waals surface area contributed by atoms with E-state index in [1.807, 2.05) is 0 Å². The highest BCUT2D eigenvalue weighted by Gasteiger charge is 2.30. The van der Waals surface area contributed by atoms with E-state index < -0.39 is 19.8 Å². The molecule has 0 aliphatic carbocycles. The van der Waals surface area contributed by atoms with Gasteiger partial charge in [0.05, 0.1) is 22.2 Å². The molecule has 0 radical (unpaired) electrons. The SMILES string of the molecule is C[Si](C)(C)CCOCn1c2cc(Br)ccc2c(=O)n1-c1ccc(C(F)(F)F)cc1. The van der Waals surface area contributed by atoms with Gasteiger partial charge < -0.3 is 4.74 Å². The van der Waals surface area contributed by atoms with Gasteiger partial charge in [0.2, 0.25) is 0 Å². The number of hydrogen-bond acceptors (Lipinski definition) is 2. The quantitative estimate of drug-likeness (QED) is 0.321. The lowest BCUT2D eigenvalue weighted by Crippen LogP contribution is -2.24. The van der Waals surface area contributed by atoms with Gasteiger partial charge in [-0.15, -0.1) is 0 Å². The maximum absolute atomic E-state index is 13.0. The van der Waals surface area contributed by atoms with Gasteiger partial charge in [0.15, 0.2) is 0 Å². The number of fused-ring (bicyclic) bond motifs is 1. The van der Waals surface area contributed by atoms with Crippen molar-refractivity contribution in [1.29, 1.82) is 0 Å². The van der Waals surface area contributed by atoms with Crippen LogP contribution in [0, 0.1) is 0 Å². The summed E-state index contributed by atoms with van der Waals surface area (Å²) in [4.78, 5) is 13.0. The minimum absolute atomic E-state index is 0.126. The first-order valence-electron chi connectivity index (χ1n) is 9.14. The third kappa shape index (κ3) is 5.02. The fourth-order valence-electron chi connectivity index (χ4n) is 2.94. The number of ether oxygens (including phenoxy) is 1. The van der Waals surface area contributed by atoms with Gasteiger partial charge >= 0.3 is 6.18 Å². The molecule has 1 aromatic heterocycles. The van der Waals surface area contributed by atoms with Gasteiger partial charge in [-0.05, 0) is 48.5 Å². The lowest BCUT2D eigenvalue weighted by atomic mass is 10.2. The number of rotatable bonds is 6. The van der Waals surface area contributed by atoms with Crippen LogP contribution in [-0.2, 0) is 17.6 Å². The highest BCUT2D eigenvalue weighted by molar-refractivity contribution is 9.10. The summed E-state index contributed by atoms with van der Waals surface area (Å²) in [5.74, 6) is 0. The van der Waals surface area contributed by atoms with E-state index in [9.17, 15) is 18.0 Å². The average Bonchev–Trinajstić information content (AvgIpc) is 2.88. The highest BCUT2D eigenvalue weighted by Crippen LogP contribution is 2.30. The molecule has 0 N–H and O–H groups in total. The van der Waals surface area contributed by atoms with Crippen LogP contribution < -0.4 is 5.56 Å². The van der Waals surface area contributed by atoms with Crippen LogP contribution in [0.5, 0.6) is 0 Å². The number of nitrogens with zero attached hydrogens (tertiary/aromatic N) is 2. The first-order valence-corrected chi connectivity index (χ1v) is 13.6. The zero-order valence-corrected chi connectivity index (χ0v) is 19.0. The Morgan fingerprint density at radius 2 is 1.72 bits per heavy atom. The van der Waals surface area contributed by atoms with Gasteiger partial charge in [0.1, 0.15) is 6.73 Å². The fraction of sp³-hybridized carbons (Fsp3) is 0.350. The number of hydrogen-bond donors (Lipinski definition) is 0. The molecule has 0 unspecified atom stereocenters. The molecular formula is C20H22BrF3N2O2Si. The zero-order valence-electron chi connectivity index (χ0n) is 16.4. The van der Waals surface area contributed by atoms with Crippen LogP contribution >= 0.6 is 15.9 Å². The van der Waals surface area contributed by atoms with E-state index in [0.717, 1.165) is 22.6 Å².